The van der Waals surface area contributed by atoms with Crippen LogP contribution in [0.3, 0.4) is 0 Å². The van der Waals surface area contributed by atoms with Gasteiger partial charge in [-0.25, -0.2) is 0 Å². The quantitative estimate of drug-likeness (QED) is 0.906. The average molecular weight is 277 g/mol. The topological polar surface area (TPSA) is 56.2 Å². The number of nitrogens with one attached hydrogen (secondary N) is 1. The molecule has 1 atom stereocenters. The minimum Gasteiger partial charge on any atom is -0.378 e. The summed E-state index contributed by atoms with van der Waals surface area (Å²) in [7, 11) is 0. The van der Waals surface area contributed by atoms with Crippen LogP contribution in [0.25, 0.3) is 0 Å². The number of ether oxygens (including phenoxy) is 1. The van der Waals surface area contributed by atoms with Crippen LogP contribution in [0.4, 0.5) is 0 Å². The zero-order chi connectivity index (χ0) is 13.8. The van der Waals surface area contributed by atoms with Crippen molar-refractivity contribution in [1.82, 2.24) is 15.1 Å². The highest BCUT2D eigenvalue weighted by Crippen LogP contribution is 2.27. The highest BCUT2D eigenvalue weighted by Gasteiger charge is 2.22. The molecular weight excluding hydrogens is 254 g/mol. The van der Waals surface area contributed by atoms with Gasteiger partial charge in [-0.05, 0) is 18.9 Å². The summed E-state index contributed by atoms with van der Waals surface area (Å²) in [6.07, 6.45) is 8.80. The molecule has 110 valence electrons. The molecule has 1 saturated heterocycles. The number of carbonyl (C=O) groups excluding carboxylic acids is 1. The third-order valence-corrected chi connectivity index (χ3v) is 4.28. The summed E-state index contributed by atoms with van der Waals surface area (Å²) in [5.74, 6) is 0.179. The van der Waals surface area contributed by atoms with Gasteiger partial charge in [-0.1, -0.05) is 19.3 Å². The number of nitrogens with zero attached hydrogens (tertiary/aromatic N) is 2. The summed E-state index contributed by atoms with van der Waals surface area (Å²) in [6.45, 7) is 1.94. The molecule has 0 amide bonds. The van der Waals surface area contributed by atoms with Gasteiger partial charge in [-0.3, -0.25) is 9.48 Å². The monoisotopic (exact) mass is 277 g/mol. The van der Waals surface area contributed by atoms with E-state index in [2.05, 4.69) is 15.1 Å². The first-order valence-electron chi connectivity index (χ1n) is 7.71. The third kappa shape index (κ3) is 3.27. The molecular formula is C15H23N3O2. The Morgan fingerprint density at radius 2 is 2.25 bits per heavy atom. The summed E-state index contributed by atoms with van der Waals surface area (Å²) in [4.78, 5) is 12.2. The van der Waals surface area contributed by atoms with Crippen molar-refractivity contribution in [1.29, 1.82) is 0 Å². The van der Waals surface area contributed by atoms with Crippen molar-refractivity contribution in [2.24, 2.45) is 0 Å². The number of Topliss-reactive ketones (excluding diaryl/α,β-unsaturated/α-hetero) is 1. The molecule has 1 unspecified atom stereocenters. The SMILES string of the molecule is O=C(Cc1ccn(C2CCCCC2)n1)C1COCCN1. The Balaban J connectivity index is 1.57. The van der Waals surface area contributed by atoms with Crippen LogP contribution < -0.4 is 5.32 Å². The molecule has 3 rings (SSSR count). The second kappa shape index (κ2) is 6.50. The van der Waals surface area contributed by atoms with Crippen molar-refractivity contribution >= 4 is 5.78 Å². The van der Waals surface area contributed by atoms with Crippen LogP contribution in [-0.2, 0) is 16.0 Å². The predicted molar refractivity (Wildman–Crippen MR) is 75.7 cm³/mol. The number of hydrogen-bond donors (Lipinski definition) is 1. The molecule has 2 aliphatic rings. The minimum atomic E-state index is -0.163. The molecule has 1 saturated carbocycles. The molecule has 1 aliphatic carbocycles. The molecule has 2 fully saturated rings. The van der Waals surface area contributed by atoms with Gasteiger partial charge in [0, 0.05) is 12.7 Å². The second-order valence-electron chi connectivity index (χ2n) is 5.80. The number of hydrogen-bond acceptors (Lipinski definition) is 4. The molecule has 5 nitrogen and oxygen atoms in total. The van der Waals surface area contributed by atoms with Gasteiger partial charge in [-0.2, -0.15) is 5.10 Å². The first-order valence-corrected chi connectivity index (χ1v) is 7.71. The lowest BCUT2D eigenvalue weighted by atomic mass is 9.96. The zero-order valence-electron chi connectivity index (χ0n) is 11.9. The fourth-order valence-electron chi connectivity index (χ4n) is 3.09. The van der Waals surface area contributed by atoms with E-state index in [0.717, 1.165) is 12.2 Å². The first-order chi connectivity index (χ1) is 9.83. The maximum Gasteiger partial charge on any atom is 0.158 e. The molecule has 1 aromatic rings. The van der Waals surface area contributed by atoms with Gasteiger partial charge in [0.2, 0.25) is 0 Å². The minimum absolute atomic E-state index is 0.163. The Hall–Kier alpha value is -1.20. The Morgan fingerprint density at radius 3 is 3.00 bits per heavy atom. The molecule has 1 aromatic heterocycles. The van der Waals surface area contributed by atoms with E-state index >= 15 is 0 Å². The molecule has 0 aromatic carbocycles. The van der Waals surface area contributed by atoms with Gasteiger partial charge in [0.1, 0.15) is 0 Å². The van der Waals surface area contributed by atoms with E-state index in [0.29, 0.717) is 25.7 Å². The lowest BCUT2D eigenvalue weighted by Gasteiger charge is -2.22. The van der Waals surface area contributed by atoms with Crippen molar-refractivity contribution in [2.75, 3.05) is 19.8 Å². The molecule has 0 spiro atoms. The number of aromatic nitrogens is 2. The summed E-state index contributed by atoms with van der Waals surface area (Å²) in [6, 6.07) is 2.35. The lowest BCUT2D eigenvalue weighted by molar-refractivity contribution is -0.123. The van der Waals surface area contributed by atoms with Crippen LogP contribution in [0.15, 0.2) is 12.3 Å². The first kappa shape index (κ1) is 13.8. The van der Waals surface area contributed by atoms with Crippen molar-refractivity contribution in [3.63, 3.8) is 0 Å². The zero-order valence-corrected chi connectivity index (χ0v) is 11.9. The Morgan fingerprint density at radius 1 is 1.40 bits per heavy atom. The highest BCUT2D eigenvalue weighted by molar-refractivity contribution is 5.86. The van der Waals surface area contributed by atoms with Gasteiger partial charge >= 0.3 is 0 Å². The van der Waals surface area contributed by atoms with Crippen LogP contribution >= 0.6 is 0 Å². The maximum atomic E-state index is 12.2. The standard InChI is InChI=1S/C15H23N3O2/c19-15(14-11-20-9-7-16-14)10-12-6-8-18(17-12)13-4-2-1-3-5-13/h6,8,13-14,16H,1-5,7,9-11H2. The van der Waals surface area contributed by atoms with Gasteiger partial charge in [-0.15, -0.1) is 0 Å². The fourth-order valence-corrected chi connectivity index (χ4v) is 3.09. The average Bonchev–Trinajstić information content (AvgIpc) is 2.97. The highest BCUT2D eigenvalue weighted by atomic mass is 16.5. The van der Waals surface area contributed by atoms with Crippen LogP contribution in [0.2, 0.25) is 0 Å². The molecule has 1 aliphatic heterocycles. The van der Waals surface area contributed by atoms with Crippen LogP contribution in [0.5, 0.6) is 0 Å². The molecule has 20 heavy (non-hydrogen) atoms. The molecule has 1 N–H and O–H groups in total. The van der Waals surface area contributed by atoms with Crippen molar-refractivity contribution < 1.29 is 9.53 Å². The number of rotatable bonds is 4. The van der Waals surface area contributed by atoms with Gasteiger partial charge in [0.15, 0.2) is 5.78 Å². The number of ketones is 1. The van der Waals surface area contributed by atoms with Gasteiger partial charge in [0.25, 0.3) is 0 Å². The Labute approximate surface area is 119 Å². The van der Waals surface area contributed by atoms with E-state index in [9.17, 15) is 4.79 Å². The number of carbonyl (C=O) groups is 1. The fraction of sp³-hybridized carbons (Fsp3) is 0.733. The van der Waals surface area contributed by atoms with E-state index in [-0.39, 0.29) is 11.8 Å². The van der Waals surface area contributed by atoms with E-state index in [1.807, 2.05) is 12.3 Å². The molecule has 0 bridgehead atoms. The Bertz CT molecular complexity index is 446. The van der Waals surface area contributed by atoms with E-state index in [1.54, 1.807) is 0 Å². The van der Waals surface area contributed by atoms with Gasteiger partial charge in [0.05, 0.1) is 37.4 Å². The normalized spacial score (nSPS) is 24.7. The van der Waals surface area contributed by atoms with Crippen LogP contribution in [-0.4, -0.2) is 41.4 Å². The second-order valence-corrected chi connectivity index (χ2v) is 5.80. The Kier molecular flexibility index (Phi) is 4.47. The van der Waals surface area contributed by atoms with Crippen molar-refractivity contribution in [2.45, 2.75) is 50.6 Å². The summed E-state index contributed by atoms with van der Waals surface area (Å²) >= 11 is 0. The lowest BCUT2D eigenvalue weighted by Crippen LogP contribution is -2.47. The predicted octanol–water partition coefficient (Wildman–Crippen LogP) is 1.49. The van der Waals surface area contributed by atoms with Crippen LogP contribution in [0, 0.1) is 0 Å². The summed E-state index contributed by atoms with van der Waals surface area (Å²) in [5, 5.41) is 7.80. The maximum absolute atomic E-state index is 12.2. The van der Waals surface area contributed by atoms with Crippen LogP contribution in [0.1, 0.15) is 43.8 Å². The van der Waals surface area contributed by atoms with E-state index < -0.39 is 0 Å². The smallest absolute Gasteiger partial charge is 0.158 e. The van der Waals surface area contributed by atoms with Crippen molar-refractivity contribution in [3.05, 3.63) is 18.0 Å². The molecule has 2 heterocycles. The van der Waals surface area contributed by atoms with E-state index in [4.69, 9.17) is 4.74 Å². The third-order valence-electron chi connectivity index (χ3n) is 4.28. The number of morpholine rings is 1. The van der Waals surface area contributed by atoms with E-state index in [1.165, 1.54) is 32.1 Å². The molecule has 0 radical (unpaired) electrons. The summed E-state index contributed by atoms with van der Waals surface area (Å²) < 4.78 is 7.39. The summed E-state index contributed by atoms with van der Waals surface area (Å²) in [5.41, 5.74) is 0.882. The van der Waals surface area contributed by atoms with Crippen molar-refractivity contribution in [3.8, 4) is 0 Å². The molecule has 5 heteroatoms. The largest absolute Gasteiger partial charge is 0.378 e. The van der Waals surface area contributed by atoms with Gasteiger partial charge < -0.3 is 10.1 Å².